The summed E-state index contributed by atoms with van der Waals surface area (Å²) in [5.41, 5.74) is 0.945. The van der Waals surface area contributed by atoms with Gasteiger partial charge < -0.3 is 5.11 Å². The van der Waals surface area contributed by atoms with Gasteiger partial charge in [0.25, 0.3) is 5.91 Å². The van der Waals surface area contributed by atoms with E-state index in [4.69, 9.17) is 5.11 Å². The van der Waals surface area contributed by atoms with Crippen LogP contribution in [0.1, 0.15) is 39.6 Å². The van der Waals surface area contributed by atoms with Crippen LogP contribution in [-0.2, 0) is 6.42 Å². The van der Waals surface area contributed by atoms with Crippen molar-refractivity contribution < 1.29 is 14.7 Å². The Balaban J connectivity index is 3.32. The fourth-order valence-corrected chi connectivity index (χ4v) is 1.78. The largest absolute Gasteiger partial charge is 0.478 e. The molecule has 0 radical (unpaired) electrons. The molecule has 0 saturated heterocycles. The van der Waals surface area contributed by atoms with Gasteiger partial charge in [-0.25, -0.2) is 4.79 Å². The summed E-state index contributed by atoms with van der Waals surface area (Å²) in [6, 6.07) is 4.92. The average Bonchev–Trinajstić information content (AvgIpc) is 2.27. The van der Waals surface area contributed by atoms with Gasteiger partial charge in [-0.3, -0.25) is 9.14 Å². The van der Waals surface area contributed by atoms with Gasteiger partial charge in [0.05, 0.1) is 11.1 Å². The third-order valence-electron chi connectivity index (χ3n) is 2.21. The second-order valence-corrected chi connectivity index (χ2v) is 3.71. The molecule has 0 aliphatic carbocycles. The molecule has 0 aromatic heterocycles. The van der Waals surface area contributed by atoms with Crippen LogP contribution in [0.5, 0.6) is 0 Å². The maximum atomic E-state index is 11.5. The molecule has 1 aromatic rings. The highest BCUT2D eigenvalue weighted by Gasteiger charge is 2.19. The highest BCUT2D eigenvalue weighted by Crippen LogP contribution is 2.17. The predicted molar refractivity (Wildman–Crippen MR) is 63.8 cm³/mol. The average molecular weight is 286 g/mol. The first kappa shape index (κ1) is 12.7. The van der Waals surface area contributed by atoms with Gasteiger partial charge in [-0.2, -0.15) is 0 Å². The number of halogens is 1. The maximum absolute atomic E-state index is 11.5. The van der Waals surface area contributed by atoms with E-state index in [9.17, 15) is 9.59 Å². The van der Waals surface area contributed by atoms with Gasteiger partial charge in [0.1, 0.15) is 0 Å². The number of aryl methyl sites for hydroxylation is 1. The minimum Gasteiger partial charge on any atom is -0.478 e. The molecule has 2 N–H and O–H groups in total. The van der Waals surface area contributed by atoms with E-state index in [1.165, 1.54) is 6.07 Å². The van der Waals surface area contributed by atoms with Crippen LogP contribution in [0.25, 0.3) is 0 Å². The predicted octanol–water partition coefficient (Wildman–Crippen LogP) is 2.38. The molecule has 1 amide bonds. The zero-order valence-corrected chi connectivity index (χ0v) is 10.4. The Bertz CT molecular complexity index is 418. The number of carbonyl (C=O) groups excluding carboxylic acids is 1. The van der Waals surface area contributed by atoms with Gasteiger partial charge in [0.15, 0.2) is 0 Å². The molecule has 16 heavy (non-hydrogen) atoms. The molecule has 0 saturated carbocycles. The molecule has 5 heteroatoms. The van der Waals surface area contributed by atoms with Crippen LogP contribution < -0.4 is 4.34 Å². The van der Waals surface area contributed by atoms with Crippen molar-refractivity contribution in [2.75, 3.05) is 0 Å². The second-order valence-electron chi connectivity index (χ2n) is 3.32. The number of aromatic carboxylic acids is 1. The Hall–Kier alpha value is -1.36. The van der Waals surface area contributed by atoms with Gasteiger partial charge in [-0.1, -0.05) is 25.5 Å². The molecule has 0 aliphatic heterocycles. The number of hydrogen-bond donors (Lipinski definition) is 2. The van der Waals surface area contributed by atoms with Crippen molar-refractivity contribution in [1.29, 1.82) is 0 Å². The van der Waals surface area contributed by atoms with Crippen molar-refractivity contribution in [1.82, 2.24) is 4.34 Å². The van der Waals surface area contributed by atoms with E-state index in [0.29, 0.717) is 12.0 Å². The summed E-state index contributed by atoms with van der Waals surface area (Å²) in [6.07, 6.45) is 1.48. The summed E-state index contributed by atoms with van der Waals surface area (Å²) >= 11 is 2.81. The Kier molecular flexibility index (Phi) is 4.49. The van der Waals surface area contributed by atoms with E-state index >= 15 is 0 Å². The van der Waals surface area contributed by atoms with Crippen LogP contribution >= 0.6 is 16.1 Å². The molecule has 86 valence electrons. The molecule has 0 spiro atoms. The number of amides is 1. The van der Waals surface area contributed by atoms with Crippen molar-refractivity contribution in [2.24, 2.45) is 0 Å². The lowest BCUT2D eigenvalue weighted by atomic mass is 9.97. The van der Waals surface area contributed by atoms with E-state index in [0.717, 1.165) is 6.42 Å². The van der Waals surface area contributed by atoms with Crippen LogP contribution in [0.4, 0.5) is 0 Å². The minimum atomic E-state index is -1.07. The van der Waals surface area contributed by atoms with Crippen molar-refractivity contribution in [3.8, 4) is 0 Å². The van der Waals surface area contributed by atoms with Gasteiger partial charge in [-0.05, 0) is 18.1 Å². The molecule has 0 atom stereocenters. The normalized spacial score (nSPS) is 9.88. The number of carbonyl (C=O) groups is 2. The Morgan fingerprint density at radius 3 is 2.62 bits per heavy atom. The molecular weight excluding hydrogens is 274 g/mol. The standard InChI is InChI=1S/C11H12BrNO3/c1-2-4-7-5-3-6-8(10(14)13-12)9(7)11(15)16/h3,5-6H,2,4H2,1H3,(H,13,14)(H,15,16). The molecular formula is C11H12BrNO3. The number of rotatable bonds is 4. The van der Waals surface area contributed by atoms with Gasteiger partial charge >= 0.3 is 5.97 Å². The van der Waals surface area contributed by atoms with Crippen LogP contribution in [0.2, 0.25) is 0 Å². The molecule has 0 unspecified atom stereocenters. The van der Waals surface area contributed by atoms with Crippen molar-refractivity contribution >= 4 is 28.0 Å². The Morgan fingerprint density at radius 2 is 2.12 bits per heavy atom. The van der Waals surface area contributed by atoms with Crippen molar-refractivity contribution in [2.45, 2.75) is 19.8 Å². The SMILES string of the molecule is CCCc1cccc(C(=O)NBr)c1C(=O)O. The van der Waals surface area contributed by atoms with Crippen LogP contribution in [0, 0.1) is 0 Å². The number of hydrogen-bond acceptors (Lipinski definition) is 2. The Labute approximate surface area is 102 Å². The molecule has 4 nitrogen and oxygen atoms in total. The number of benzene rings is 1. The van der Waals surface area contributed by atoms with Gasteiger partial charge in [-0.15, -0.1) is 0 Å². The zero-order chi connectivity index (χ0) is 12.1. The van der Waals surface area contributed by atoms with E-state index in [2.05, 4.69) is 20.5 Å². The summed E-state index contributed by atoms with van der Waals surface area (Å²) < 4.78 is 2.26. The monoisotopic (exact) mass is 285 g/mol. The lowest BCUT2D eigenvalue weighted by molar-refractivity contribution is 0.0690. The highest BCUT2D eigenvalue weighted by atomic mass is 79.9. The lowest BCUT2D eigenvalue weighted by Crippen LogP contribution is -2.18. The number of carboxylic acids is 1. The first-order chi connectivity index (χ1) is 7.61. The van der Waals surface area contributed by atoms with Gasteiger partial charge in [0, 0.05) is 16.1 Å². The summed E-state index contributed by atoms with van der Waals surface area (Å²) in [7, 11) is 0. The van der Waals surface area contributed by atoms with Crippen LogP contribution in [-0.4, -0.2) is 17.0 Å². The second kappa shape index (κ2) is 5.65. The zero-order valence-electron chi connectivity index (χ0n) is 8.79. The smallest absolute Gasteiger partial charge is 0.336 e. The summed E-state index contributed by atoms with van der Waals surface area (Å²) in [6.45, 7) is 1.96. The summed E-state index contributed by atoms with van der Waals surface area (Å²) in [4.78, 5) is 22.6. The fourth-order valence-electron chi connectivity index (χ4n) is 1.57. The molecule has 0 heterocycles. The molecule has 0 bridgehead atoms. The van der Waals surface area contributed by atoms with Gasteiger partial charge in [0.2, 0.25) is 0 Å². The third kappa shape index (κ3) is 2.61. The minimum absolute atomic E-state index is 0.0845. The topological polar surface area (TPSA) is 66.4 Å². The number of carboxylic acid groups (broad SMARTS) is 1. The Morgan fingerprint density at radius 1 is 1.44 bits per heavy atom. The quantitative estimate of drug-likeness (QED) is 0.835. The molecule has 1 rings (SSSR count). The summed E-state index contributed by atoms with van der Waals surface area (Å²) in [5.74, 6) is -1.52. The lowest BCUT2D eigenvalue weighted by Gasteiger charge is -2.09. The summed E-state index contributed by atoms with van der Waals surface area (Å²) in [5, 5.41) is 9.12. The fraction of sp³-hybridized carbons (Fsp3) is 0.273. The van der Waals surface area contributed by atoms with Crippen molar-refractivity contribution in [3.63, 3.8) is 0 Å². The molecule has 0 fully saturated rings. The van der Waals surface area contributed by atoms with E-state index < -0.39 is 11.9 Å². The first-order valence-corrected chi connectivity index (χ1v) is 5.67. The van der Waals surface area contributed by atoms with Crippen molar-refractivity contribution in [3.05, 3.63) is 34.9 Å². The third-order valence-corrected chi connectivity index (χ3v) is 2.57. The van der Waals surface area contributed by atoms with Crippen LogP contribution in [0.15, 0.2) is 18.2 Å². The number of nitrogens with one attached hydrogen (secondary N) is 1. The van der Waals surface area contributed by atoms with Crippen LogP contribution in [0.3, 0.4) is 0 Å². The molecule has 0 aliphatic rings. The van der Waals surface area contributed by atoms with E-state index in [1.54, 1.807) is 12.1 Å². The van der Waals surface area contributed by atoms with E-state index in [-0.39, 0.29) is 11.1 Å². The van der Waals surface area contributed by atoms with E-state index in [1.807, 2.05) is 6.92 Å². The molecule has 1 aromatic carbocycles. The first-order valence-electron chi connectivity index (χ1n) is 4.88. The maximum Gasteiger partial charge on any atom is 0.336 e. The highest BCUT2D eigenvalue weighted by molar-refractivity contribution is 9.08.